The third-order valence-corrected chi connectivity index (χ3v) is 4.91. The second-order valence-corrected chi connectivity index (χ2v) is 7.19. The van der Waals surface area contributed by atoms with Crippen molar-refractivity contribution in [2.45, 2.75) is 20.0 Å². The summed E-state index contributed by atoms with van der Waals surface area (Å²) in [5.41, 5.74) is 3.26. The molecule has 0 unspecified atom stereocenters. The highest BCUT2D eigenvalue weighted by Gasteiger charge is 2.18. The van der Waals surface area contributed by atoms with Gasteiger partial charge < -0.3 is 4.52 Å². The van der Waals surface area contributed by atoms with Crippen LogP contribution in [-0.4, -0.2) is 50.9 Å². The van der Waals surface area contributed by atoms with Gasteiger partial charge in [-0.05, 0) is 31.2 Å². The molecule has 1 aliphatic heterocycles. The first-order valence-corrected chi connectivity index (χ1v) is 9.20. The van der Waals surface area contributed by atoms with Crippen molar-refractivity contribution in [3.8, 4) is 5.69 Å². The Morgan fingerprint density at radius 2 is 1.73 bits per heavy atom. The van der Waals surface area contributed by atoms with E-state index in [4.69, 9.17) is 16.1 Å². The van der Waals surface area contributed by atoms with Gasteiger partial charge in [-0.15, -0.1) is 0 Å². The zero-order valence-corrected chi connectivity index (χ0v) is 15.6. The van der Waals surface area contributed by atoms with Crippen molar-refractivity contribution in [2.75, 3.05) is 26.2 Å². The zero-order chi connectivity index (χ0) is 17.9. The lowest BCUT2D eigenvalue weighted by molar-refractivity contribution is 0.120. The van der Waals surface area contributed by atoms with Gasteiger partial charge in [-0.1, -0.05) is 16.8 Å². The molecule has 6 nitrogen and oxygen atoms in total. The number of hydrogen-bond donors (Lipinski definition) is 0. The summed E-state index contributed by atoms with van der Waals surface area (Å²) < 4.78 is 7.05. The Hall–Kier alpha value is -2.15. The lowest BCUT2D eigenvalue weighted by Gasteiger charge is -2.33. The molecule has 0 amide bonds. The van der Waals surface area contributed by atoms with E-state index in [1.807, 2.05) is 48.1 Å². The van der Waals surface area contributed by atoms with Gasteiger partial charge in [0.05, 0.1) is 17.6 Å². The van der Waals surface area contributed by atoms with Crippen LogP contribution in [0.15, 0.2) is 47.2 Å². The van der Waals surface area contributed by atoms with Crippen LogP contribution < -0.4 is 0 Å². The van der Waals surface area contributed by atoms with E-state index in [9.17, 15) is 0 Å². The van der Waals surface area contributed by atoms with Crippen molar-refractivity contribution in [2.24, 2.45) is 0 Å². The minimum absolute atomic E-state index is 0.736. The second kappa shape index (κ2) is 7.61. The van der Waals surface area contributed by atoms with Crippen LogP contribution in [0.1, 0.15) is 17.0 Å². The first-order chi connectivity index (χ1) is 12.7. The van der Waals surface area contributed by atoms with Crippen LogP contribution in [0, 0.1) is 6.92 Å². The smallest absolute Gasteiger partial charge is 0.133 e. The van der Waals surface area contributed by atoms with Gasteiger partial charge in [0, 0.05) is 62.1 Å². The minimum Gasteiger partial charge on any atom is -0.361 e. The Kier molecular flexibility index (Phi) is 5.06. The molecule has 3 aromatic rings. The topological polar surface area (TPSA) is 50.3 Å². The first kappa shape index (κ1) is 17.3. The minimum atomic E-state index is 0.736. The Morgan fingerprint density at radius 3 is 2.38 bits per heavy atom. The maximum absolute atomic E-state index is 5.95. The number of rotatable bonds is 5. The monoisotopic (exact) mass is 371 g/mol. The summed E-state index contributed by atoms with van der Waals surface area (Å²) in [5, 5.41) is 9.29. The number of benzene rings is 1. The Labute approximate surface area is 157 Å². The van der Waals surface area contributed by atoms with Gasteiger partial charge in [0.2, 0.25) is 0 Å². The fourth-order valence-corrected chi connectivity index (χ4v) is 3.39. The summed E-state index contributed by atoms with van der Waals surface area (Å²) in [6.07, 6.45) is 4.03. The van der Waals surface area contributed by atoms with E-state index in [1.54, 1.807) is 0 Å². The average Bonchev–Trinajstić information content (AvgIpc) is 3.26. The SMILES string of the molecule is Cc1cc(CN2CCN(Cc3cnn(-c4ccc(Cl)cc4)c3)CC2)no1. The fourth-order valence-electron chi connectivity index (χ4n) is 3.26. The van der Waals surface area contributed by atoms with Gasteiger partial charge in [0.25, 0.3) is 0 Å². The maximum Gasteiger partial charge on any atom is 0.133 e. The molecule has 0 aliphatic carbocycles. The number of aromatic nitrogens is 3. The van der Waals surface area contributed by atoms with Gasteiger partial charge in [0.1, 0.15) is 5.76 Å². The Morgan fingerprint density at radius 1 is 1.04 bits per heavy atom. The molecule has 26 heavy (non-hydrogen) atoms. The molecule has 0 saturated carbocycles. The van der Waals surface area contributed by atoms with Gasteiger partial charge in [0.15, 0.2) is 0 Å². The van der Waals surface area contributed by atoms with Gasteiger partial charge >= 0.3 is 0 Å². The van der Waals surface area contributed by atoms with Crippen LogP contribution >= 0.6 is 11.6 Å². The molecule has 1 aromatic carbocycles. The fraction of sp³-hybridized carbons (Fsp3) is 0.368. The Balaban J connectivity index is 1.30. The summed E-state index contributed by atoms with van der Waals surface area (Å²) in [7, 11) is 0. The van der Waals surface area contributed by atoms with E-state index in [0.717, 1.165) is 61.4 Å². The van der Waals surface area contributed by atoms with E-state index >= 15 is 0 Å². The van der Waals surface area contributed by atoms with Gasteiger partial charge in [-0.2, -0.15) is 5.10 Å². The predicted octanol–water partition coefficient (Wildman–Crippen LogP) is 3.14. The van der Waals surface area contributed by atoms with E-state index in [-0.39, 0.29) is 0 Å². The molecule has 0 N–H and O–H groups in total. The molecular formula is C19H22ClN5O. The van der Waals surface area contributed by atoms with E-state index in [2.05, 4.69) is 26.3 Å². The molecule has 1 saturated heterocycles. The maximum atomic E-state index is 5.95. The largest absolute Gasteiger partial charge is 0.361 e. The van der Waals surface area contributed by atoms with Crippen LogP contribution in [0.4, 0.5) is 0 Å². The number of aryl methyl sites for hydroxylation is 1. The van der Waals surface area contributed by atoms with E-state index < -0.39 is 0 Å². The zero-order valence-electron chi connectivity index (χ0n) is 14.8. The number of halogens is 1. The van der Waals surface area contributed by atoms with Crippen LogP contribution in [-0.2, 0) is 13.1 Å². The van der Waals surface area contributed by atoms with E-state index in [0.29, 0.717) is 0 Å². The van der Waals surface area contributed by atoms with Crippen molar-refractivity contribution in [1.29, 1.82) is 0 Å². The summed E-state index contributed by atoms with van der Waals surface area (Å²) in [4.78, 5) is 4.89. The molecule has 0 spiro atoms. The third-order valence-electron chi connectivity index (χ3n) is 4.66. The molecule has 136 valence electrons. The van der Waals surface area contributed by atoms with Crippen molar-refractivity contribution in [3.05, 3.63) is 64.8 Å². The molecule has 3 heterocycles. The molecule has 2 aromatic heterocycles. The second-order valence-electron chi connectivity index (χ2n) is 6.75. The van der Waals surface area contributed by atoms with Crippen LogP contribution in [0.5, 0.6) is 0 Å². The number of hydrogen-bond acceptors (Lipinski definition) is 5. The van der Waals surface area contributed by atoms with Crippen LogP contribution in [0.3, 0.4) is 0 Å². The van der Waals surface area contributed by atoms with Gasteiger partial charge in [-0.25, -0.2) is 4.68 Å². The highest BCUT2D eigenvalue weighted by molar-refractivity contribution is 6.30. The highest BCUT2D eigenvalue weighted by Crippen LogP contribution is 2.15. The lowest BCUT2D eigenvalue weighted by atomic mass is 10.2. The normalized spacial score (nSPS) is 16.2. The highest BCUT2D eigenvalue weighted by atomic mass is 35.5. The molecule has 7 heteroatoms. The number of nitrogens with zero attached hydrogens (tertiary/aromatic N) is 5. The molecule has 0 bridgehead atoms. The summed E-state index contributed by atoms with van der Waals surface area (Å²) in [6.45, 7) is 7.88. The predicted molar refractivity (Wildman–Crippen MR) is 100 cm³/mol. The van der Waals surface area contributed by atoms with E-state index in [1.165, 1.54) is 5.56 Å². The van der Waals surface area contributed by atoms with Crippen LogP contribution in [0.25, 0.3) is 5.69 Å². The number of piperazine rings is 1. The van der Waals surface area contributed by atoms with Crippen molar-refractivity contribution in [3.63, 3.8) is 0 Å². The standard InChI is InChI=1S/C19H22ClN5O/c1-15-10-18(22-26-15)14-24-8-6-23(7-9-24)12-16-11-21-25(13-16)19-4-2-17(20)3-5-19/h2-5,10-11,13H,6-9,12,14H2,1H3. The summed E-state index contributed by atoms with van der Waals surface area (Å²) in [5.74, 6) is 0.872. The summed E-state index contributed by atoms with van der Waals surface area (Å²) >= 11 is 5.95. The summed E-state index contributed by atoms with van der Waals surface area (Å²) in [6, 6.07) is 9.73. The molecule has 4 rings (SSSR count). The molecular weight excluding hydrogens is 350 g/mol. The quantitative estimate of drug-likeness (QED) is 0.689. The molecule has 1 fully saturated rings. The first-order valence-electron chi connectivity index (χ1n) is 8.82. The molecule has 0 radical (unpaired) electrons. The van der Waals surface area contributed by atoms with Crippen LogP contribution in [0.2, 0.25) is 5.02 Å². The van der Waals surface area contributed by atoms with Crippen molar-refractivity contribution >= 4 is 11.6 Å². The van der Waals surface area contributed by atoms with Crippen molar-refractivity contribution in [1.82, 2.24) is 24.7 Å². The average molecular weight is 372 g/mol. The molecule has 1 aliphatic rings. The Bertz CT molecular complexity index is 849. The third kappa shape index (κ3) is 4.15. The molecule has 0 atom stereocenters. The van der Waals surface area contributed by atoms with Gasteiger partial charge in [-0.3, -0.25) is 9.80 Å². The van der Waals surface area contributed by atoms with Crippen molar-refractivity contribution < 1.29 is 4.52 Å². The lowest BCUT2D eigenvalue weighted by Crippen LogP contribution is -2.45.